The predicted octanol–water partition coefficient (Wildman–Crippen LogP) is 1.16. The molecule has 1 N–H and O–H groups in total. The third kappa shape index (κ3) is 1.18. The molecule has 0 fully saturated rings. The first-order chi connectivity index (χ1) is 5.64. The Bertz CT molecular complexity index is 275. The zero-order chi connectivity index (χ0) is 9.19. The third-order valence-electron chi connectivity index (χ3n) is 2.02. The second-order valence-corrected chi connectivity index (χ2v) is 3.06. The van der Waals surface area contributed by atoms with Crippen molar-refractivity contribution in [1.29, 1.82) is 0 Å². The summed E-state index contributed by atoms with van der Waals surface area (Å²) in [5, 5.41) is 8.64. The van der Waals surface area contributed by atoms with E-state index in [-0.39, 0.29) is 11.4 Å². The van der Waals surface area contributed by atoms with Crippen molar-refractivity contribution >= 4 is 12.1 Å². The number of Topliss-reactive ketones (excluding diaryl/α,β-unsaturated/α-hetero) is 1. The molecule has 0 saturated carbocycles. The van der Waals surface area contributed by atoms with Crippen molar-refractivity contribution < 1.29 is 14.7 Å². The molecule has 0 aliphatic heterocycles. The lowest BCUT2D eigenvalue weighted by Gasteiger charge is -2.22. The molecule has 64 valence electrons. The minimum absolute atomic E-state index is 0.191. The van der Waals surface area contributed by atoms with Gasteiger partial charge in [-0.1, -0.05) is 12.2 Å². The average molecular weight is 166 g/mol. The molecule has 1 aliphatic rings. The van der Waals surface area contributed by atoms with Gasteiger partial charge in [0.05, 0.1) is 17.3 Å². The highest BCUT2D eigenvalue weighted by atomic mass is 16.2. The standard InChI is InChI=1S/C9H10O3/c1-9(6-11)4-2-3-7(5-10)8(9)12/h2-3,5-6,10H,4H2,1H3. The SMILES string of the molecule is CC1(C=O)CC=CC(=CO)C1=O. The third-order valence-corrected chi connectivity index (χ3v) is 2.02. The van der Waals surface area contributed by atoms with Gasteiger partial charge in [-0.25, -0.2) is 0 Å². The Morgan fingerprint density at radius 3 is 2.83 bits per heavy atom. The van der Waals surface area contributed by atoms with Crippen molar-refractivity contribution in [3.8, 4) is 0 Å². The predicted molar refractivity (Wildman–Crippen MR) is 43.6 cm³/mol. The Morgan fingerprint density at radius 2 is 2.33 bits per heavy atom. The van der Waals surface area contributed by atoms with E-state index in [0.717, 1.165) is 6.26 Å². The normalized spacial score (nSPS) is 32.4. The van der Waals surface area contributed by atoms with E-state index in [4.69, 9.17) is 5.11 Å². The maximum absolute atomic E-state index is 11.4. The number of carbonyl (C=O) groups excluding carboxylic acids is 2. The first kappa shape index (κ1) is 8.71. The van der Waals surface area contributed by atoms with E-state index in [1.165, 1.54) is 6.08 Å². The zero-order valence-corrected chi connectivity index (χ0v) is 6.78. The monoisotopic (exact) mass is 166 g/mol. The Hall–Kier alpha value is -1.38. The maximum Gasteiger partial charge on any atom is 0.179 e. The Labute approximate surface area is 70.4 Å². The summed E-state index contributed by atoms with van der Waals surface area (Å²) in [6, 6.07) is 0. The van der Waals surface area contributed by atoms with Crippen LogP contribution >= 0.6 is 0 Å². The molecule has 0 radical (unpaired) electrons. The molecule has 0 aromatic heterocycles. The van der Waals surface area contributed by atoms with Gasteiger partial charge in [-0.3, -0.25) is 4.79 Å². The van der Waals surface area contributed by atoms with Crippen molar-refractivity contribution in [2.45, 2.75) is 13.3 Å². The molecular weight excluding hydrogens is 156 g/mol. The highest BCUT2D eigenvalue weighted by molar-refractivity contribution is 6.10. The Balaban J connectivity index is 3.08. The minimum atomic E-state index is -0.983. The van der Waals surface area contributed by atoms with Gasteiger partial charge in [0.2, 0.25) is 0 Å². The van der Waals surface area contributed by atoms with Gasteiger partial charge in [-0.05, 0) is 13.3 Å². The highest BCUT2D eigenvalue weighted by Crippen LogP contribution is 2.28. The molecule has 0 heterocycles. The molecule has 0 bridgehead atoms. The summed E-state index contributed by atoms with van der Waals surface area (Å²) in [6.07, 6.45) is 5.00. The second-order valence-electron chi connectivity index (χ2n) is 3.06. The van der Waals surface area contributed by atoms with Crippen LogP contribution in [-0.4, -0.2) is 17.2 Å². The van der Waals surface area contributed by atoms with Crippen LogP contribution in [0.4, 0.5) is 0 Å². The highest BCUT2D eigenvalue weighted by Gasteiger charge is 2.35. The van der Waals surface area contributed by atoms with E-state index < -0.39 is 5.41 Å². The second kappa shape index (κ2) is 2.93. The fourth-order valence-corrected chi connectivity index (χ4v) is 1.13. The van der Waals surface area contributed by atoms with Crippen molar-refractivity contribution in [1.82, 2.24) is 0 Å². The van der Waals surface area contributed by atoms with Crippen LogP contribution in [0.1, 0.15) is 13.3 Å². The van der Waals surface area contributed by atoms with Crippen LogP contribution in [0.2, 0.25) is 0 Å². The number of ketones is 1. The number of carbonyl (C=O) groups is 2. The number of rotatable bonds is 1. The summed E-state index contributed by atoms with van der Waals surface area (Å²) in [5.74, 6) is -0.317. The van der Waals surface area contributed by atoms with Crippen molar-refractivity contribution in [3.05, 3.63) is 24.0 Å². The van der Waals surface area contributed by atoms with Gasteiger partial charge in [0.1, 0.15) is 6.29 Å². The van der Waals surface area contributed by atoms with Crippen LogP contribution in [0.25, 0.3) is 0 Å². The Morgan fingerprint density at radius 1 is 1.67 bits per heavy atom. The quantitative estimate of drug-likeness (QED) is 0.275. The largest absolute Gasteiger partial charge is 0.515 e. The summed E-state index contributed by atoms with van der Waals surface area (Å²) in [4.78, 5) is 22.0. The van der Waals surface area contributed by atoms with Crippen LogP contribution in [0.3, 0.4) is 0 Å². The average Bonchev–Trinajstić information content (AvgIpc) is 2.10. The van der Waals surface area contributed by atoms with Gasteiger partial charge >= 0.3 is 0 Å². The van der Waals surface area contributed by atoms with Gasteiger partial charge in [-0.15, -0.1) is 0 Å². The molecule has 1 unspecified atom stereocenters. The number of allylic oxidation sites excluding steroid dienone is 3. The molecule has 0 aromatic rings. The summed E-state index contributed by atoms with van der Waals surface area (Å²) in [5.41, 5.74) is -0.792. The van der Waals surface area contributed by atoms with Gasteiger partial charge in [-0.2, -0.15) is 0 Å². The first-order valence-corrected chi connectivity index (χ1v) is 3.66. The van der Waals surface area contributed by atoms with Crippen molar-refractivity contribution in [2.75, 3.05) is 0 Å². The van der Waals surface area contributed by atoms with Gasteiger partial charge in [0.25, 0.3) is 0 Å². The number of hydrogen-bond donors (Lipinski definition) is 1. The van der Waals surface area contributed by atoms with Crippen LogP contribution in [0.15, 0.2) is 24.0 Å². The first-order valence-electron chi connectivity index (χ1n) is 3.66. The fraction of sp³-hybridized carbons (Fsp3) is 0.333. The molecule has 0 saturated heterocycles. The van der Waals surface area contributed by atoms with Crippen LogP contribution < -0.4 is 0 Å². The minimum Gasteiger partial charge on any atom is -0.515 e. The topological polar surface area (TPSA) is 54.4 Å². The van der Waals surface area contributed by atoms with E-state index in [1.54, 1.807) is 13.0 Å². The molecule has 0 amide bonds. The zero-order valence-electron chi connectivity index (χ0n) is 6.78. The smallest absolute Gasteiger partial charge is 0.179 e. The molecule has 1 rings (SSSR count). The number of aldehydes is 1. The molecule has 0 spiro atoms. The molecule has 1 aliphatic carbocycles. The summed E-state index contributed by atoms with van der Waals surface area (Å²) in [7, 11) is 0. The van der Waals surface area contributed by atoms with E-state index >= 15 is 0 Å². The Kier molecular flexibility index (Phi) is 2.13. The lowest BCUT2D eigenvalue weighted by molar-refractivity contribution is -0.130. The lowest BCUT2D eigenvalue weighted by atomic mass is 9.77. The fourth-order valence-electron chi connectivity index (χ4n) is 1.13. The van der Waals surface area contributed by atoms with Gasteiger partial charge in [0, 0.05) is 0 Å². The summed E-state index contributed by atoms with van der Waals surface area (Å²) in [6.45, 7) is 1.56. The van der Waals surface area contributed by atoms with E-state index in [0.29, 0.717) is 12.7 Å². The van der Waals surface area contributed by atoms with E-state index in [9.17, 15) is 9.59 Å². The van der Waals surface area contributed by atoms with E-state index in [1.807, 2.05) is 0 Å². The van der Waals surface area contributed by atoms with Crippen molar-refractivity contribution in [3.63, 3.8) is 0 Å². The molecule has 12 heavy (non-hydrogen) atoms. The van der Waals surface area contributed by atoms with Crippen molar-refractivity contribution in [2.24, 2.45) is 5.41 Å². The van der Waals surface area contributed by atoms with Crippen LogP contribution in [0.5, 0.6) is 0 Å². The van der Waals surface area contributed by atoms with Gasteiger partial charge in [0.15, 0.2) is 5.78 Å². The van der Waals surface area contributed by atoms with E-state index in [2.05, 4.69) is 0 Å². The number of aliphatic hydroxyl groups is 1. The molecule has 3 nitrogen and oxygen atoms in total. The molecular formula is C9H10O3. The lowest BCUT2D eigenvalue weighted by Crippen LogP contribution is -2.32. The summed E-state index contributed by atoms with van der Waals surface area (Å²) >= 11 is 0. The van der Waals surface area contributed by atoms with Gasteiger partial charge < -0.3 is 9.90 Å². The summed E-state index contributed by atoms with van der Waals surface area (Å²) < 4.78 is 0. The molecule has 1 atom stereocenters. The molecule has 3 heteroatoms. The van der Waals surface area contributed by atoms with Crippen LogP contribution in [-0.2, 0) is 9.59 Å². The molecule has 0 aromatic carbocycles. The van der Waals surface area contributed by atoms with Crippen LogP contribution in [0, 0.1) is 5.41 Å². The number of hydrogen-bond acceptors (Lipinski definition) is 3. The maximum atomic E-state index is 11.4. The number of aliphatic hydroxyl groups excluding tert-OH is 1.